The molecular weight excluding hydrogens is 290 g/mol. The highest BCUT2D eigenvalue weighted by atomic mass is 32.1. The van der Waals surface area contributed by atoms with Crippen molar-refractivity contribution >= 4 is 28.2 Å². The van der Waals surface area contributed by atoms with Gasteiger partial charge in [0.05, 0.1) is 5.56 Å². The van der Waals surface area contributed by atoms with Crippen LogP contribution >= 0.6 is 11.3 Å². The second-order valence-corrected chi connectivity index (χ2v) is 5.72. The monoisotopic (exact) mass is 305 g/mol. The Bertz CT molecular complexity index is 651. The lowest BCUT2D eigenvalue weighted by molar-refractivity contribution is -0.122. The van der Waals surface area contributed by atoms with Crippen molar-refractivity contribution in [1.29, 1.82) is 0 Å². The molecule has 1 aromatic carbocycles. The molecule has 1 aromatic heterocycles. The zero-order valence-corrected chi connectivity index (χ0v) is 12.4. The molecule has 0 aliphatic rings. The molecular formula is C15H15NO4S. The SMILES string of the molecule is Cc1cc(C(=O)O)c(NC(=O)C(C)Oc2ccccc2)s1. The molecule has 2 rings (SSSR count). The van der Waals surface area contributed by atoms with Gasteiger partial charge >= 0.3 is 5.97 Å². The van der Waals surface area contributed by atoms with E-state index in [0.717, 1.165) is 4.88 Å². The molecule has 0 spiro atoms. The lowest BCUT2D eigenvalue weighted by Crippen LogP contribution is -2.30. The molecule has 0 fully saturated rings. The van der Waals surface area contributed by atoms with Crippen LogP contribution in [-0.2, 0) is 4.79 Å². The van der Waals surface area contributed by atoms with Crippen LogP contribution in [0, 0.1) is 6.92 Å². The highest BCUT2D eigenvalue weighted by Gasteiger charge is 2.20. The Kier molecular flexibility index (Phi) is 4.59. The third-order valence-electron chi connectivity index (χ3n) is 2.75. The number of ether oxygens (including phenoxy) is 1. The van der Waals surface area contributed by atoms with Gasteiger partial charge in [-0.3, -0.25) is 4.79 Å². The highest BCUT2D eigenvalue weighted by Crippen LogP contribution is 2.27. The summed E-state index contributed by atoms with van der Waals surface area (Å²) >= 11 is 1.23. The fraction of sp³-hybridized carbons (Fsp3) is 0.200. The number of carboxylic acid groups (broad SMARTS) is 1. The maximum atomic E-state index is 12.1. The molecule has 21 heavy (non-hydrogen) atoms. The molecule has 5 nitrogen and oxygen atoms in total. The maximum absolute atomic E-state index is 12.1. The second kappa shape index (κ2) is 6.41. The Morgan fingerprint density at radius 1 is 1.29 bits per heavy atom. The van der Waals surface area contributed by atoms with Gasteiger partial charge in [-0.2, -0.15) is 0 Å². The number of aromatic carboxylic acids is 1. The van der Waals surface area contributed by atoms with Gasteiger partial charge in [0.2, 0.25) is 0 Å². The topological polar surface area (TPSA) is 75.6 Å². The summed E-state index contributed by atoms with van der Waals surface area (Å²) in [5.41, 5.74) is 0.0951. The van der Waals surface area contributed by atoms with E-state index in [0.29, 0.717) is 10.8 Å². The Balaban J connectivity index is 2.06. The molecule has 1 unspecified atom stereocenters. The van der Waals surface area contributed by atoms with Crippen molar-refractivity contribution in [3.63, 3.8) is 0 Å². The molecule has 0 saturated carbocycles. The van der Waals surface area contributed by atoms with Gasteiger partial charge in [-0.1, -0.05) is 18.2 Å². The molecule has 2 N–H and O–H groups in total. The number of para-hydroxylation sites is 1. The number of benzene rings is 1. The molecule has 0 radical (unpaired) electrons. The quantitative estimate of drug-likeness (QED) is 0.889. The van der Waals surface area contributed by atoms with Gasteiger partial charge in [-0.25, -0.2) is 4.79 Å². The summed E-state index contributed by atoms with van der Waals surface area (Å²) in [5, 5.41) is 12.0. The lowest BCUT2D eigenvalue weighted by Gasteiger charge is -2.14. The number of carboxylic acids is 1. The summed E-state index contributed by atoms with van der Waals surface area (Å²) < 4.78 is 5.50. The Morgan fingerprint density at radius 2 is 1.95 bits per heavy atom. The first-order valence-corrected chi connectivity index (χ1v) is 7.15. The summed E-state index contributed by atoms with van der Waals surface area (Å²) in [6, 6.07) is 10.5. The van der Waals surface area contributed by atoms with Crippen LogP contribution in [0.15, 0.2) is 36.4 Å². The summed E-state index contributed by atoms with van der Waals surface area (Å²) in [5.74, 6) is -0.865. The molecule has 1 atom stereocenters. The van der Waals surface area contributed by atoms with E-state index in [1.54, 1.807) is 26.0 Å². The summed E-state index contributed by atoms with van der Waals surface area (Å²) in [6.45, 7) is 3.40. The fourth-order valence-electron chi connectivity index (χ4n) is 1.74. The van der Waals surface area contributed by atoms with Gasteiger partial charge < -0.3 is 15.2 Å². The summed E-state index contributed by atoms with van der Waals surface area (Å²) in [6.07, 6.45) is -0.726. The first kappa shape index (κ1) is 15.1. The smallest absolute Gasteiger partial charge is 0.338 e. The van der Waals surface area contributed by atoms with Crippen molar-refractivity contribution in [1.82, 2.24) is 0 Å². The van der Waals surface area contributed by atoms with Crippen molar-refractivity contribution in [2.45, 2.75) is 20.0 Å². The third-order valence-corrected chi connectivity index (χ3v) is 3.71. The first-order valence-electron chi connectivity index (χ1n) is 6.33. The number of rotatable bonds is 5. The van der Waals surface area contributed by atoms with Crippen molar-refractivity contribution in [3.05, 3.63) is 46.8 Å². The molecule has 1 heterocycles. The summed E-state index contributed by atoms with van der Waals surface area (Å²) in [4.78, 5) is 24.0. The number of hydrogen-bond acceptors (Lipinski definition) is 4. The van der Waals surface area contributed by atoms with Crippen LogP contribution in [0.25, 0.3) is 0 Å². The number of anilines is 1. The molecule has 0 saturated heterocycles. The standard InChI is InChI=1S/C15H15NO4S/c1-9-8-12(15(18)19)14(21-9)16-13(17)10(2)20-11-6-4-3-5-7-11/h3-8,10H,1-2H3,(H,16,17)(H,18,19). The Morgan fingerprint density at radius 3 is 2.57 bits per heavy atom. The molecule has 0 aliphatic heterocycles. The van der Waals surface area contributed by atoms with Crippen LogP contribution in [0.3, 0.4) is 0 Å². The number of aryl methyl sites for hydroxylation is 1. The average molecular weight is 305 g/mol. The molecule has 0 bridgehead atoms. The van der Waals surface area contributed by atoms with Gasteiger partial charge in [0.15, 0.2) is 6.10 Å². The zero-order valence-electron chi connectivity index (χ0n) is 11.6. The van der Waals surface area contributed by atoms with E-state index in [-0.39, 0.29) is 11.5 Å². The van der Waals surface area contributed by atoms with Gasteiger partial charge in [0.25, 0.3) is 5.91 Å². The predicted molar refractivity (Wildman–Crippen MR) is 81.2 cm³/mol. The van der Waals surface area contributed by atoms with Crippen LogP contribution in [0.1, 0.15) is 22.2 Å². The van der Waals surface area contributed by atoms with E-state index in [1.165, 1.54) is 17.4 Å². The minimum absolute atomic E-state index is 0.0951. The molecule has 2 aromatic rings. The van der Waals surface area contributed by atoms with Crippen LogP contribution in [0.2, 0.25) is 0 Å². The number of hydrogen-bond donors (Lipinski definition) is 2. The minimum atomic E-state index is -1.06. The third kappa shape index (κ3) is 3.82. The number of nitrogens with one attached hydrogen (secondary N) is 1. The van der Waals surface area contributed by atoms with Crippen LogP contribution in [0.5, 0.6) is 5.75 Å². The lowest BCUT2D eigenvalue weighted by atomic mass is 10.3. The minimum Gasteiger partial charge on any atom is -0.481 e. The largest absolute Gasteiger partial charge is 0.481 e. The predicted octanol–water partition coefficient (Wildman–Crippen LogP) is 3.16. The first-order chi connectivity index (χ1) is 9.97. The zero-order chi connectivity index (χ0) is 15.4. The van der Waals surface area contributed by atoms with E-state index < -0.39 is 12.1 Å². The number of carbonyl (C=O) groups is 2. The normalized spacial score (nSPS) is 11.7. The average Bonchev–Trinajstić information content (AvgIpc) is 2.81. The summed E-state index contributed by atoms with van der Waals surface area (Å²) in [7, 11) is 0. The number of carbonyl (C=O) groups excluding carboxylic acids is 1. The van der Waals surface area contributed by atoms with E-state index in [9.17, 15) is 9.59 Å². The maximum Gasteiger partial charge on any atom is 0.338 e. The molecule has 6 heteroatoms. The highest BCUT2D eigenvalue weighted by molar-refractivity contribution is 7.16. The van der Waals surface area contributed by atoms with Gasteiger partial charge in [0, 0.05) is 4.88 Å². The van der Waals surface area contributed by atoms with Crippen LogP contribution in [-0.4, -0.2) is 23.1 Å². The second-order valence-electron chi connectivity index (χ2n) is 4.47. The Hall–Kier alpha value is -2.34. The molecule has 110 valence electrons. The van der Waals surface area contributed by atoms with Crippen LogP contribution < -0.4 is 10.1 Å². The van der Waals surface area contributed by atoms with Crippen molar-refractivity contribution in [2.75, 3.05) is 5.32 Å². The number of amides is 1. The van der Waals surface area contributed by atoms with Gasteiger partial charge in [-0.05, 0) is 32.0 Å². The molecule has 1 amide bonds. The van der Waals surface area contributed by atoms with Crippen molar-refractivity contribution < 1.29 is 19.4 Å². The van der Waals surface area contributed by atoms with E-state index in [4.69, 9.17) is 9.84 Å². The van der Waals surface area contributed by atoms with E-state index in [1.807, 2.05) is 18.2 Å². The Labute approximate surface area is 126 Å². The number of thiophene rings is 1. The fourth-order valence-corrected chi connectivity index (χ4v) is 2.64. The molecule has 0 aliphatic carbocycles. The van der Waals surface area contributed by atoms with E-state index in [2.05, 4.69) is 5.32 Å². The van der Waals surface area contributed by atoms with E-state index >= 15 is 0 Å². The van der Waals surface area contributed by atoms with Crippen molar-refractivity contribution in [2.24, 2.45) is 0 Å². The van der Waals surface area contributed by atoms with Gasteiger partial charge in [-0.15, -0.1) is 11.3 Å². The van der Waals surface area contributed by atoms with Crippen molar-refractivity contribution in [3.8, 4) is 5.75 Å². The van der Waals surface area contributed by atoms with Gasteiger partial charge in [0.1, 0.15) is 10.8 Å². The van der Waals surface area contributed by atoms with Crippen LogP contribution in [0.4, 0.5) is 5.00 Å².